The first-order chi connectivity index (χ1) is 10.1. The fourth-order valence-corrected chi connectivity index (χ4v) is 2.87. The zero-order valence-corrected chi connectivity index (χ0v) is 12.8. The summed E-state index contributed by atoms with van der Waals surface area (Å²) in [6, 6.07) is 15.2. The standard InChI is InChI=1S/C18H19ClFN/c1-12(15-3-2-4-17(20)11-15)21-18(13-5-6-13)14-7-9-16(19)10-8-14/h2-4,7-13,18,21H,5-6H2,1H3. The average molecular weight is 304 g/mol. The summed E-state index contributed by atoms with van der Waals surface area (Å²) in [7, 11) is 0. The minimum atomic E-state index is -0.185. The van der Waals surface area contributed by atoms with Crippen LogP contribution in [0.25, 0.3) is 0 Å². The van der Waals surface area contributed by atoms with Gasteiger partial charge in [0, 0.05) is 17.1 Å². The maximum Gasteiger partial charge on any atom is 0.123 e. The van der Waals surface area contributed by atoms with E-state index in [0.717, 1.165) is 10.6 Å². The molecule has 3 rings (SSSR count). The first-order valence-electron chi connectivity index (χ1n) is 7.40. The molecule has 2 unspecified atom stereocenters. The first kappa shape index (κ1) is 14.6. The third-order valence-corrected chi connectivity index (χ3v) is 4.35. The molecule has 0 radical (unpaired) electrons. The molecule has 110 valence electrons. The fraction of sp³-hybridized carbons (Fsp3) is 0.333. The van der Waals surface area contributed by atoms with Crippen LogP contribution >= 0.6 is 11.6 Å². The Morgan fingerprint density at radius 3 is 2.43 bits per heavy atom. The minimum absolute atomic E-state index is 0.113. The molecule has 1 N–H and O–H groups in total. The number of hydrogen-bond donors (Lipinski definition) is 1. The van der Waals surface area contributed by atoms with Crippen LogP contribution < -0.4 is 5.32 Å². The zero-order chi connectivity index (χ0) is 14.8. The minimum Gasteiger partial charge on any atom is -0.303 e. The Morgan fingerprint density at radius 1 is 1.10 bits per heavy atom. The third kappa shape index (κ3) is 3.63. The molecule has 0 aliphatic heterocycles. The van der Waals surface area contributed by atoms with E-state index in [4.69, 9.17) is 11.6 Å². The van der Waals surface area contributed by atoms with Crippen LogP contribution in [0.1, 0.15) is 43.0 Å². The van der Waals surface area contributed by atoms with Crippen molar-refractivity contribution in [3.63, 3.8) is 0 Å². The third-order valence-electron chi connectivity index (χ3n) is 4.10. The highest BCUT2D eigenvalue weighted by atomic mass is 35.5. The van der Waals surface area contributed by atoms with E-state index in [1.165, 1.54) is 24.5 Å². The van der Waals surface area contributed by atoms with Crippen molar-refractivity contribution in [3.8, 4) is 0 Å². The van der Waals surface area contributed by atoms with Crippen molar-refractivity contribution in [2.24, 2.45) is 5.92 Å². The van der Waals surface area contributed by atoms with Crippen molar-refractivity contribution in [1.82, 2.24) is 5.32 Å². The van der Waals surface area contributed by atoms with Crippen molar-refractivity contribution in [2.45, 2.75) is 31.8 Å². The fourth-order valence-electron chi connectivity index (χ4n) is 2.75. The Labute approximate surface area is 130 Å². The molecule has 0 saturated heterocycles. The Balaban J connectivity index is 1.77. The molecule has 0 bridgehead atoms. The molecular formula is C18H19ClFN. The van der Waals surface area contributed by atoms with Gasteiger partial charge in [-0.3, -0.25) is 0 Å². The van der Waals surface area contributed by atoms with Gasteiger partial charge >= 0.3 is 0 Å². The molecule has 1 saturated carbocycles. The maximum atomic E-state index is 13.4. The Kier molecular flexibility index (Phi) is 4.27. The van der Waals surface area contributed by atoms with Gasteiger partial charge in [0.05, 0.1) is 0 Å². The summed E-state index contributed by atoms with van der Waals surface area (Å²) in [6.07, 6.45) is 2.49. The number of nitrogens with one attached hydrogen (secondary N) is 1. The highest BCUT2D eigenvalue weighted by Gasteiger charge is 2.33. The molecule has 0 amide bonds. The van der Waals surface area contributed by atoms with Gasteiger partial charge in [0.15, 0.2) is 0 Å². The highest BCUT2D eigenvalue weighted by Crippen LogP contribution is 2.42. The average Bonchev–Trinajstić information content (AvgIpc) is 3.30. The summed E-state index contributed by atoms with van der Waals surface area (Å²) in [5, 5.41) is 4.40. The number of halogens is 2. The van der Waals surface area contributed by atoms with E-state index >= 15 is 0 Å². The summed E-state index contributed by atoms with van der Waals surface area (Å²) < 4.78 is 13.4. The van der Waals surface area contributed by atoms with Crippen molar-refractivity contribution in [2.75, 3.05) is 0 Å². The largest absolute Gasteiger partial charge is 0.303 e. The second-order valence-electron chi connectivity index (χ2n) is 5.81. The summed E-state index contributed by atoms with van der Waals surface area (Å²) in [5.41, 5.74) is 2.24. The van der Waals surface area contributed by atoms with Crippen LogP contribution in [-0.2, 0) is 0 Å². The summed E-state index contributed by atoms with van der Waals surface area (Å²) in [5.74, 6) is 0.484. The van der Waals surface area contributed by atoms with Crippen LogP contribution in [-0.4, -0.2) is 0 Å². The quantitative estimate of drug-likeness (QED) is 0.792. The van der Waals surface area contributed by atoms with Gasteiger partial charge in [0.1, 0.15) is 5.82 Å². The maximum absolute atomic E-state index is 13.4. The van der Waals surface area contributed by atoms with Gasteiger partial charge in [-0.1, -0.05) is 35.9 Å². The van der Waals surface area contributed by atoms with Crippen LogP contribution in [0.2, 0.25) is 5.02 Å². The molecule has 0 aromatic heterocycles. The normalized spacial score (nSPS) is 17.5. The Morgan fingerprint density at radius 2 is 1.81 bits per heavy atom. The number of benzene rings is 2. The van der Waals surface area contributed by atoms with Gasteiger partial charge in [-0.05, 0) is 61.1 Å². The smallest absolute Gasteiger partial charge is 0.123 e. The van der Waals surface area contributed by atoms with E-state index in [2.05, 4.69) is 24.4 Å². The molecule has 0 spiro atoms. The monoisotopic (exact) mass is 303 g/mol. The van der Waals surface area contributed by atoms with Gasteiger partial charge in [0.2, 0.25) is 0 Å². The van der Waals surface area contributed by atoms with Crippen LogP contribution in [0.5, 0.6) is 0 Å². The van der Waals surface area contributed by atoms with Crippen molar-refractivity contribution >= 4 is 11.6 Å². The number of hydrogen-bond acceptors (Lipinski definition) is 1. The second kappa shape index (κ2) is 6.17. The zero-order valence-electron chi connectivity index (χ0n) is 12.0. The second-order valence-corrected chi connectivity index (χ2v) is 6.25. The summed E-state index contributed by atoms with van der Waals surface area (Å²) >= 11 is 5.97. The molecule has 1 aliphatic rings. The van der Waals surface area contributed by atoms with E-state index in [1.807, 2.05) is 18.2 Å². The molecule has 2 aromatic carbocycles. The predicted molar refractivity (Wildman–Crippen MR) is 84.9 cm³/mol. The molecule has 1 aliphatic carbocycles. The van der Waals surface area contributed by atoms with E-state index in [1.54, 1.807) is 12.1 Å². The van der Waals surface area contributed by atoms with Gasteiger partial charge in [-0.15, -0.1) is 0 Å². The van der Waals surface area contributed by atoms with Gasteiger partial charge < -0.3 is 5.32 Å². The van der Waals surface area contributed by atoms with Crippen molar-refractivity contribution < 1.29 is 4.39 Å². The highest BCUT2D eigenvalue weighted by molar-refractivity contribution is 6.30. The SMILES string of the molecule is CC(NC(c1ccc(Cl)cc1)C1CC1)c1cccc(F)c1. The molecule has 21 heavy (non-hydrogen) atoms. The van der Waals surface area contributed by atoms with Crippen LogP contribution in [0, 0.1) is 11.7 Å². The molecule has 2 aromatic rings. The Bertz CT molecular complexity index is 607. The van der Waals surface area contributed by atoms with Crippen molar-refractivity contribution in [3.05, 3.63) is 70.5 Å². The van der Waals surface area contributed by atoms with Crippen molar-refractivity contribution in [1.29, 1.82) is 0 Å². The van der Waals surface area contributed by atoms with Crippen LogP contribution in [0.3, 0.4) is 0 Å². The summed E-state index contributed by atoms with van der Waals surface area (Å²) in [6.45, 7) is 2.08. The lowest BCUT2D eigenvalue weighted by Gasteiger charge is -2.24. The first-order valence-corrected chi connectivity index (χ1v) is 7.78. The van der Waals surface area contributed by atoms with Gasteiger partial charge in [-0.25, -0.2) is 4.39 Å². The van der Waals surface area contributed by atoms with Gasteiger partial charge in [-0.2, -0.15) is 0 Å². The lowest BCUT2D eigenvalue weighted by molar-refractivity contribution is 0.426. The molecule has 1 nitrogen and oxygen atoms in total. The molecule has 0 heterocycles. The van der Waals surface area contributed by atoms with Crippen LogP contribution in [0.4, 0.5) is 4.39 Å². The molecular weight excluding hydrogens is 285 g/mol. The summed E-state index contributed by atoms with van der Waals surface area (Å²) in [4.78, 5) is 0. The van der Waals surface area contributed by atoms with E-state index in [9.17, 15) is 4.39 Å². The van der Waals surface area contributed by atoms with E-state index in [0.29, 0.717) is 12.0 Å². The molecule has 2 atom stereocenters. The van der Waals surface area contributed by atoms with Crippen LogP contribution in [0.15, 0.2) is 48.5 Å². The van der Waals surface area contributed by atoms with E-state index < -0.39 is 0 Å². The molecule has 3 heteroatoms. The van der Waals surface area contributed by atoms with Gasteiger partial charge in [0.25, 0.3) is 0 Å². The lowest BCUT2D eigenvalue weighted by atomic mass is 9.99. The number of rotatable bonds is 5. The topological polar surface area (TPSA) is 12.0 Å². The molecule has 1 fully saturated rings. The van der Waals surface area contributed by atoms with E-state index in [-0.39, 0.29) is 11.9 Å². The lowest BCUT2D eigenvalue weighted by Crippen LogP contribution is -2.26. The Hall–Kier alpha value is -1.38. The predicted octanol–water partition coefficient (Wildman–Crippen LogP) is 5.28.